The maximum Gasteiger partial charge on any atom is 0.224 e. The van der Waals surface area contributed by atoms with Gasteiger partial charge in [-0.1, -0.05) is 17.9 Å². The molecule has 1 unspecified atom stereocenters. The lowest BCUT2D eigenvalue weighted by molar-refractivity contribution is -0.126. The molecule has 1 aliphatic rings. The molecule has 1 saturated heterocycles. The smallest absolute Gasteiger partial charge is 0.224 e. The fourth-order valence-corrected chi connectivity index (χ4v) is 2.57. The maximum atomic E-state index is 13.3. The molecule has 21 heavy (non-hydrogen) atoms. The molecule has 1 fully saturated rings. The van der Waals surface area contributed by atoms with Gasteiger partial charge < -0.3 is 10.8 Å². The second-order valence-electron chi connectivity index (χ2n) is 5.65. The van der Waals surface area contributed by atoms with Gasteiger partial charge in [-0.2, -0.15) is 0 Å². The van der Waals surface area contributed by atoms with Crippen LogP contribution in [0.4, 0.5) is 4.39 Å². The molecule has 2 rings (SSSR count). The summed E-state index contributed by atoms with van der Waals surface area (Å²) in [6, 6.07) is 4.45. The van der Waals surface area contributed by atoms with E-state index < -0.39 is 5.41 Å². The van der Waals surface area contributed by atoms with E-state index in [0.717, 1.165) is 18.5 Å². The van der Waals surface area contributed by atoms with Crippen molar-refractivity contribution in [2.45, 2.75) is 19.9 Å². The first-order valence-corrected chi connectivity index (χ1v) is 6.85. The summed E-state index contributed by atoms with van der Waals surface area (Å²) < 4.78 is 13.3. The molecule has 1 atom stereocenters. The lowest BCUT2D eigenvalue weighted by Gasteiger charge is -2.21. The Labute approximate surface area is 123 Å². The predicted molar refractivity (Wildman–Crippen MR) is 77.6 cm³/mol. The first-order valence-electron chi connectivity index (χ1n) is 6.85. The largest absolute Gasteiger partial charge is 0.384 e. The Morgan fingerprint density at radius 1 is 1.57 bits per heavy atom. The quantitative estimate of drug-likeness (QED) is 0.812. The van der Waals surface area contributed by atoms with E-state index in [9.17, 15) is 9.18 Å². The van der Waals surface area contributed by atoms with Gasteiger partial charge in [-0.3, -0.25) is 9.69 Å². The van der Waals surface area contributed by atoms with Crippen LogP contribution in [0.3, 0.4) is 0 Å². The third kappa shape index (κ3) is 3.60. The zero-order chi connectivity index (χ0) is 15.5. The number of nitrogens with two attached hydrogens (primary N) is 1. The lowest BCUT2D eigenvalue weighted by atomic mass is 9.89. The molecule has 1 amide bonds. The van der Waals surface area contributed by atoms with Gasteiger partial charge in [0.2, 0.25) is 5.91 Å². The van der Waals surface area contributed by atoms with Crippen LogP contribution in [0.1, 0.15) is 24.5 Å². The zero-order valence-corrected chi connectivity index (χ0v) is 12.0. The number of amides is 1. The first kappa shape index (κ1) is 15.5. The van der Waals surface area contributed by atoms with E-state index in [-0.39, 0.29) is 18.3 Å². The molecule has 0 aromatic heterocycles. The number of nitrogens with zero attached hydrogens (tertiary/aromatic N) is 1. The summed E-state index contributed by atoms with van der Waals surface area (Å²) in [5.74, 6) is 4.66. The number of carbonyl (C=O) groups excluding carboxylic acids is 1. The Balaban J connectivity index is 2.16. The maximum absolute atomic E-state index is 13.3. The van der Waals surface area contributed by atoms with E-state index in [1.165, 1.54) is 12.1 Å². The lowest BCUT2D eigenvalue weighted by Crippen LogP contribution is -2.37. The van der Waals surface area contributed by atoms with Crippen molar-refractivity contribution >= 4 is 5.91 Å². The Bertz CT molecular complexity index is 606. The van der Waals surface area contributed by atoms with Crippen molar-refractivity contribution in [3.8, 4) is 11.8 Å². The van der Waals surface area contributed by atoms with Gasteiger partial charge in [0.1, 0.15) is 12.4 Å². The van der Waals surface area contributed by atoms with Gasteiger partial charge >= 0.3 is 0 Å². The molecule has 1 heterocycles. The predicted octanol–water partition coefficient (Wildman–Crippen LogP) is 0.867. The number of primary amides is 1. The number of likely N-dealkylation sites (tertiary alicyclic amines) is 1. The Hall–Kier alpha value is -1.90. The molecule has 4 nitrogen and oxygen atoms in total. The topological polar surface area (TPSA) is 66.6 Å². The Kier molecular flexibility index (Phi) is 4.61. The third-order valence-electron chi connectivity index (χ3n) is 3.92. The second kappa shape index (κ2) is 6.25. The summed E-state index contributed by atoms with van der Waals surface area (Å²) in [6.07, 6.45) is 0.723. The molecule has 0 bridgehead atoms. The average molecular weight is 290 g/mol. The van der Waals surface area contributed by atoms with Crippen molar-refractivity contribution in [3.05, 3.63) is 35.1 Å². The molecule has 0 saturated carbocycles. The van der Waals surface area contributed by atoms with E-state index >= 15 is 0 Å². The molecule has 0 radical (unpaired) electrons. The van der Waals surface area contributed by atoms with E-state index in [4.69, 9.17) is 10.8 Å². The summed E-state index contributed by atoms with van der Waals surface area (Å²) in [7, 11) is 0. The van der Waals surface area contributed by atoms with Crippen molar-refractivity contribution in [2.24, 2.45) is 11.1 Å². The van der Waals surface area contributed by atoms with Crippen molar-refractivity contribution in [3.63, 3.8) is 0 Å². The number of carbonyl (C=O) groups is 1. The van der Waals surface area contributed by atoms with Crippen LogP contribution in [0.5, 0.6) is 0 Å². The number of hydrogen-bond acceptors (Lipinski definition) is 3. The average Bonchev–Trinajstić information content (AvgIpc) is 2.82. The fourth-order valence-electron chi connectivity index (χ4n) is 2.57. The SMILES string of the molecule is CC1(C(N)=O)CCN(Cc2ccc(F)cc2C#CCO)C1. The summed E-state index contributed by atoms with van der Waals surface area (Å²) in [5, 5.41) is 8.77. The van der Waals surface area contributed by atoms with Crippen LogP contribution in [0.25, 0.3) is 0 Å². The van der Waals surface area contributed by atoms with Crippen molar-refractivity contribution < 1.29 is 14.3 Å². The number of halogens is 1. The van der Waals surface area contributed by atoms with Gasteiger partial charge in [-0.15, -0.1) is 0 Å². The van der Waals surface area contributed by atoms with Crippen LogP contribution < -0.4 is 5.73 Å². The highest BCUT2D eigenvalue weighted by Crippen LogP contribution is 2.30. The highest BCUT2D eigenvalue weighted by atomic mass is 19.1. The van der Waals surface area contributed by atoms with Gasteiger partial charge in [0.05, 0.1) is 5.41 Å². The number of hydrogen-bond donors (Lipinski definition) is 2. The molecule has 1 aromatic rings. The zero-order valence-electron chi connectivity index (χ0n) is 12.0. The first-order chi connectivity index (χ1) is 9.94. The summed E-state index contributed by atoms with van der Waals surface area (Å²) in [6.45, 7) is 3.54. The van der Waals surface area contributed by atoms with E-state index in [0.29, 0.717) is 18.7 Å². The van der Waals surface area contributed by atoms with Crippen LogP contribution in [0, 0.1) is 23.1 Å². The van der Waals surface area contributed by atoms with Crippen LogP contribution in [-0.2, 0) is 11.3 Å². The van der Waals surface area contributed by atoms with Gasteiger partial charge in [0.25, 0.3) is 0 Å². The van der Waals surface area contributed by atoms with Crippen LogP contribution in [-0.4, -0.2) is 35.6 Å². The van der Waals surface area contributed by atoms with Crippen LogP contribution in [0.2, 0.25) is 0 Å². The summed E-state index contributed by atoms with van der Waals surface area (Å²) in [5.41, 5.74) is 6.38. The normalized spacial score (nSPS) is 21.9. The summed E-state index contributed by atoms with van der Waals surface area (Å²) >= 11 is 0. The molecule has 5 heteroatoms. The molecule has 0 aliphatic carbocycles. The molecular formula is C16H19FN2O2. The van der Waals surface area contributed by atoms with Gasteiger partial charge in [0.15, 0.2) is 0 Å². The minimum atomic E-state index is -0.503. The highest BCUT2D eigenvalue weighted by Gasteiger charge is 2.38. The van der Waals surface area contributed by atoms with E-state index in [1.54, 1.807) is 6.07 Å². The molecule has 1 aromatic carbocycles. The number of rotatable bonds is 3. The minimum absolute atomic E-state index is 0.264. The molecule has 1 aliphatic heterocycles. The van der Waals surface area contributed by atoms with Crippen molar-refractivity contribution in [2.75, 3.05) is 19.7 Å². The number of aliphatic hydroxyl groups is 1. The van der Waals surface area contributed by atoms with E-state index in [1.807, 2.05) is 6.92 Å². The van der Waals surface area contributed by atoms with Gasteiger partial charge in [0, 0.05) is 18.7 Å². The number of benzene rings is 1. The third-order valence-corrected chi connectivity index (χ3v) is 3.92. The standard InChI is InChI=1S/C16H19FN2O2/c1-16(15(18)21)6-7-19(11-16)10-13-4-5-14(17)9-12(13)3-2-8-20/h4-5,9,20H,6-8,10-11H2,1H3,(H2,18,21). The Morgan fingerprint density at radius 3 is 2.95 bits per heavy atom. The Morgan fingerprint density at radius 2 is 2.33 bits per heavy atom. The minimum Gasteiger partial charge on any atom is -0.384 e. The van der Waals surface area contributed by atoms with Crippen LogP contribution >= 0.6 is 0 Å². The molecule has 0 spiro atoms. The molecular weight excluding hydrogens is 271 g/mol. The van der Waals surface area contributed by atoms with Gasteiger partial charge in [-0.25, -0.2) is 4.39 Å². The fraction of sp³-hybridized carbons (Fsp3) is 0.438. The van der Waals surface area contributed by atoms with E-state index in [2.05, 4.69) is 16.7 Å². The second-order valence-corrected chi connectivity index (χ2v) is 5.65. The number of aliphatic hydroxyl groups excluding tert-OH is 1. The van der Waals surface area contributed by atoms with Crippen molar-refractivity contribution in [1.82, 2.24) is 4.90 Å². The van der Waals surface area contributed by atoms with Gasteiger partial charge in [-0.05, 0) is 37.6 Å². The monoisotopic (exact) mass is 290 g/mol. The summed E-state index contributed by atoms with van der Waals surface area (Å²) in [4.78, 5) is 13.6. The molecule has 3 N–H and O–H groups in total. The highest BCUT2D eigenvalue weighted by molar-refractivity contribution is 5.81. The molecule has 112 valence electrons. The van der Waals surface area contributed by atoms with Crippen molar-refractivity contribution in [1.29, 1.82) is 0 Å². The van der Waals surface area contributed by atoms with Crippen LogP contribution in [0.15, 0.2) is 18.2 Å².